The summed E-state index contributed by atoms with van der Waals surface area (Å²) in [6, 6.07) is 14.9. The molecule has 0 aliphatic rings. The van der Waals surface area contributed by atoms with Gasteiger partial charge in [0.15, 0.2) is 0 Å². The number of benzene rings is 2. The zero-order valence-electron chi connectivity index (χ0n) is 14.3. The van der Waals surface area contributed by atoms with Gasteiger partial charge in [-0.1, -0.05) is 47.1 Å². The van der Waals surface area contributed by atoms with Crippen LogP contribution in [0.25, 0.3) is 22.8 Å². The Labute approximate surface area is 160 Å². The van der Waals surface area contributed by atoms with Crippen LogP contribution >= 0.6 is 11.6 Å². The van der Waals surface area contributed by atoms with Gasteiger partial charge in [-0.3, -0.25) is 0 Å². The topological polar surface area (TPSA) is 86.0 Å². The number of aromatic nitrogens is 4. The van der Waals surface area contributed by atoms with Gasteiger partial charge in [-0.2, -0.15) is 4.98 Å². The normalized spacial score (nSPS) is 10.6. The fraction of sp³-hybridized carbons (Fsp3) is 0.0526. The molecule has 4 aromatic rings. The molecule has 0 unspecified atom stereocenters. The van der Waals surface area contributed by atoms with Gasteiger partial charge in [0, 0.05) is 17.4 Å². The maximum Gasteiger partial charge on any atom is 0.263 e. The van der Waals surface area contributed by atoms with Crippen LogP contribution in [-0.2, 0) is 0 Å². The molecule has 2 aromatic carbocycles. The Hall–Kier alpha value is -3.45. The molecule has 27 heavy (non-hydrogen) atoms. The average molecular weight is 380 g/mol. The lowest BCUT2D eigenvalue weighted by molar-refractivity contribution is 0.415. The summed E-state index contributed by atoms with van der Waals surface area (Å²) < 4.78 is 10.6. The Kier molecular flexibility index (Phi) is 4.67. The highest BCUT2D eigenvalue weighted by Gasteiger charge is 2.16. The molecule has 0 aliphatic carbocycles. The number of methoxy groups -OCH3 is 1. The first kappa shape index (κ1) is 17.0. The van der Waals surface area contributed by atoms with Crippen LogP contribution in [0.4, 0.5) is 11.5 Å². The van der Waals surface area contributed by atoms with Gasteiger partial charge in [0.1, 0.15) is 23.5 Å². The molecule has 134 valence electrons. The fourth-order valence-corrected chi connectivity index (χ4v) is 2.76. The van der Waals surface area contributed by atoms with Gasteiger partial charge in [0.2, 0.25) is 5.82 Å². The maximum atomic E-state index is 6.19. The summed E-state index contributed by atoms with van der Waals surface area (Å²) in [5, 5.41) is 7.72. The molecule has 0 radical (unpaired) electrons. The Balaban J connectivity index is 1.66. The molecule has 7 nitrogen and oxygen atoms in total. The third-order valence-corrected chi connectivity index (χ3v) is 4.11. The van der Waals surface area contributed by atoms with Crippen LogP contribution in [0.2, 0.25) is 5.02 Å². The highest BCUT2D eigenvalue weighted by molar-refractivity contribution is 6.32. The van der Waals surface area contributed by atoms with Crippen molar-refractivity contribution in [1.29, 1.82) is 0 Å². The van der Waals surface area contributed by atoms with Crippen molar-refractivity contribution in [1.82, 2.24) is 20.1 Å². The summed E-state index contributed by atoms with van der Waals surface area (Å²) in [5.74, 6) is 1.92. The summed E-state index contributed by atoms with van der Waals surface area (Å²) in [4.78, 5) is 12.8. The van der Waals surface area contributed by atoms with E-state index < -0.39 is 0 Å². The van der Waals surface area contributed by atoms with Gasteiger partial charge in [-0.15, -0.1) is 0 Å². The van der Waals surface area contributed by atoms with Crippen LogP contribution in [0.5, 0.6) is 5.75 Å². The van der Waals surface area contributed by atoms with E-state index in [4.69, 9.17) is 20.9 Å². The number of rotatable bonds is 5. The molecule has 0 bridgehead atoms. The number of hydrogen-bond donors (Lipinski definition) is 1. The van der Waals surface area contributed by atoms with Gasteiger partial charge in [-0.05, 0) is 18.2 Å². The fourth-order valence-electron chi connectivity index (χ4n) is 2.50. The van der Waals surface area contributed by atoms with Gasteiger partial charge >= 0.3 is 0 Å². The van der Waals surface area contributed by atoms with E-state index in [1.807, 2.05) is 36.4 Å². The molecule has 0 saturated heterocycles. The van der Waals surface area contributed by atoms with Crippen LogP contribution in [0.1, 0.15) is 0 Å². The second kappa shape index (κ2) is 7.43. The molecule has 0 amide bonds. The summed E-state index contributed by atoms with van der Waals surface area (Å²) in [5.41, 5.74) is 2.18. The van der Waals surface area contributed by atoms with Crippen molar-refractivity contribution in [3.8, 4) is 28.6 Å². The van der Waals surface area contributed by atoms with Crippen molar-refractivity contribution in [2.75, 3.05) is 12.4 Å². The van der Waals surface area contributed by atoms with Crippen molar-refractivity contribution < 1.29 is 9.26 Å². The smallest absolute Gasteiger partial charge is 0.263 e. The number of halogens is 1. The molecule has 2 heterocycles. The molecular weight excluding hydrogens is 366 g/mol. The molecule has 2 aromatic heterocycles. The first-order valence-corrected chi connectivity index (χ1v) is 8.42. The molecule has 4 rings (SSSR count). The van der Waals surface area contributed by atoms with Crippen molar-refractivity contribution in [3.63, 3.8) is 0 Å². The Morgan fingerprint density at radius 1 is 1.11 bits per heavy atom. The predicted octanol–water partition coefficient (Wildman–Crippen LogP) is 4.60. The minimum Gasteiger partial charge on any atom is -0.495 e. The number of nitrogens with zero attached hydrogens (tertiary/aromatic N) is 4. The SMILES string of the molecule is COc1ccc(Nc2ncncc2-c2nc(-c3ccccc3)no2)cc1Cl. The molecule has 0 saturated carbocycles. The second-order valence-corrected chi connectivity index (χ2v) is 5.96. The van der Waals surface area contributed by atoms with Crippen molar-refractivity contribution in [2.24, 2.45) is 0 Å². The third-order valence-electron chi connectivity index (χ3n) is 3.82. The van der Waals surface area contributed by atoms with Crippen molar-refractivity contribution >= 4 is 23.1 Å². The summed E-state index contributed by atoms with van der Waals surface area (Å²) >= 11 is 6.19. The lowest BCUT2D eigenvalue weighted by Gasteiger charge is -2.10. The van der Waals surface area contributed by atoms with E-state index in [2.05, 4.69) is 25.4 Å². The second-order valence-electron chi connectivity index (χ2n) is 5.55. The molecular formula is C19H14ClN5O2. The van der Waals surface area contributed by atoms with Crippen molar-refractivity contribution in [3.05, 3.63) is 66.1 Å². The molecule has 0 aliphatic heterocycles. The standard InChI is InChI=1S/C19H14ClN5O2/c1-26-16-8-7-13(9-15(16)20)23-18-14(10-21-11-22-18)19-24-17(25-27-19)12-5-3-2-4-6-12/h2-11H,1H3,(H,21,22,23). The van der Waals surface area contributed by atoms with Gasteiger partial charge in [0.25, 0.3) is 5.89 Å². The Morgan fingerprint density at radius 2 is 1.96 bits per heavy atom. The summed E-state index contributed by atoms with van der Waals surface area (Å²) in [7, 11) is 1.57. The van der Waals surface area contributed by atoms with E-state index in [1.165, 1.54) is 6.33 Å². The lowest BCUT2D eigenvalue weighted by Crippen LogP contribution is -1.98. The monoisotopic (exact) mass is 379 g/mol. The first-order valence-electron chi connectivity index (χ1n) is 8.04. The van der Waals surface area contributed by atoms with Crippen LogP contribution < -0.4 is 10.1 Å². The van der Waals surface area contributed by atoms with Crippen LogP contribution in [-0.4, -0.2) is 27.2 Å². The summed E-state index contributed by atoms with van der Waals surface area (Å²) in [6.07, 6.45) is 3.05. The highest BCUT2D eigenvalue weighted by Crippen LogP contribution is 2.31. The molecule has 0 fully saturated rings. The average Bonchev–Trinajstić information content (AvgIpc) is 3.19. The Bertz CT molecular complexity index is 1070. The minimum atomic E-state index is 0.316. The molecule has 0 atom stereocenters. The molecule has 1 N–H and O–H groups in total. The van der Waals surface area contributed by atoms with E-state index in [-0.39, 0.29) is 0 Å². The number of hydrogen-bond acceptors (Lipinski definition) is 7. The van der Waals surface area contributed by atoms with Crippen LogP contribution in [0.15, 0.2) is 65.6 Å². The number of nitrogens with one attached hydrogen (secondary N) is 1. The highest BCUT2D eigenvalue weighted by atomic mass is 35.5. The van der Waals surface area contributed by atoms with Crippen LogP contribution in [0, 0.1) is 0 Å². The maximum absolute atomic E-state index is 6.19. The first-order chi connectivity index (χ1) is 13.2. The quantitative estimate of drug-likeness (QED) is 0.542. The molecule has 0 spiro atoms. The van der Waals surface area contributed by atoms with E-state index in [0.29, 0.717) is 33.9 Å². The number of ether oxygens (including phenoxy) is 1. The van der Waals surface area contributed by atoms with E-state index in [1.54, 1.807) is 25.4 Å². The van der Waals surface area contributed by atoms with E-state index >= 15 is 0 Å². The van der Waals surface area contributed by atoms with Gasteiger partial charge < -0.3 is 14.6 Å². The van der Waals surface area contributed by atoms with E-state index in [0.717, 1.165) is 11.3 Å². The number of anilines is 2. The molecule has 8 heteroatoms. The van der Waals surface area contributed by atoms with Crippen molar-refractivity contribution in [2.45, 2.75) is 0 Å². The predicted molar refractivity (Wildman–Crippen MR) is 102 cm³/mol. The lowest BCUT2D eigenvalue weighted by atomic mass is 10.2. The van der Waals surface area contributed by atoms with Gasteiger partial charge in [0.05, 0.1) is 12.1 Å². The van der Waals surface area contributed by atoms with Gasteiger partial charge in [-0.25, -0.2) is 9.97 Å². The zero-order chi connectivity index (χ0) is 18.6. The minimum absolute atomic E-state index is 0.316. The third kappa shape index (κ3) is 3.58. The zero-order valence-corrected chi connectivity index (χ0v) is 15.0. The van der Waals surface area contributed by atoms with E-state index in [9.17, 15) is 0 Å². The Morgan fingerprint density at radius 3 is 2.74 bits per heavy atom. The van der Waals surface area contributed by atoms with Crippen LogP contribution in [0.3, 0.4) is 0 Å². The largest absolute Gasteiger partial charge is 0.495 e. The summed E-state index contributed by atoms with van der Waals surface area (Å²) in [6.45, 7) is 0.